The van der Waals surface area contributed by atoms with E-state index in [1.165, 1.54) is 0 Å². The summed E-state index contributed by atoms with van der Waals surface area (Å²) < 4.78 is 4.87. The van der Waals surface area contributed by atoms with Gasteiger partial charge in [0.2, 0.25) is 0 Å². The average Bonchev–Trinajstić information content (AvgIpc) is 2.09. The summed E-state index contributed by atoms with van der Waals surface area (Å²) in [5.41, 5.74) is 0.0449. The second-order valence-electron chi connectivity index (χ2n) is 3.68. The fraction of sp³-hybridized carbons (Fsp3) is 0.364. The second kappa shape index (κ2) is 4.74. The molecule has 0 heterocycles. The number of carbonyl (C=O) groups is 1. The van der Waals surface area contributed by atoms with Gasteiger partial charge in [0.25, 0.3) is 0 Å². The highest BCUT2D eigenvalue weighted by Gasteiger charge is 2.15. The van der Waals surface area contributed by atoms with Gasteiger partial charge in [-0.2, -0.15) is 0 Å². The van der Waals surface area contributed by atoms with Crippen molar-refractivity contribution in [2.45, 2.75) is 26.4 Å². The Morgan fingerprint density at radius 3 is 2.19 bits per heavy atom. The SMILES string of the molecule is CC(C)OC(=O)Cc1c(O)cc(O)cc1O. The van der Waals surface area contributed by atoms with Crippen LogP contribution in [0.5, 0.6) is 17.2 Å². The standard InChI is InChI=1S/C11H14O5/c1-6(2)16-11(15)5-8-9(13)3-7(12)4-10(8)14/h3-4,6,12-14H,5H2,1-2H3. The molecule has 3 N–H and O–H groups in total. The number of benzene rings is 1. The van der Waals surface area contributed by atoms with Crippen molar-refractivity contribution >= 4 is 5.97 Å². The van der Waals surface area contributed by atoms with Crippen LogP contribution in [0.25, 0.3) is 0 Å². The molecule has 0 aromatic heterocycles. The molecule has 1 aromatic rings. The molecule has 0 saturated heterocycles. The minimum absolute atomic E-state index is 0.0449. The predicted molar refractivity (Wildman–Crippen MR) is 56.4 cm³/mol. The molecule has 0 atom stereocenters. The third-order valence-corrected chi connectivity index (χ3v) is 1.88. The van der Waals surface area contributed by atoms with Crippen LogP contribution < -0.4 is 0 Å². The molecule has 0 fully saturated rings. The Kier molecular flexibility index (Phi) is 3.60. The molecular weight excluding hydrogens is 212 g/mol. The molecule has 0 spiro atoms. The Bertz CT molecular complexity index is 374. The molecule has 0 saturated carbocycles. The van der Waals surface area contributed by atoms with E-state index in [2.05, 4.69) is 0 Å². The zero-order valence-corrected chi connectivity index (χ0v) is 9.10. The first-order chi connectivity index (χ1) is 7.40. The van der Waals surface area contributed by atoms with E-state index in [1.54, 1.807) is 13.8 Å². The third-order valence-electron chi connectivity index (χ3n) is 1.88. The summed E-state index contributed by atoms with van der Waals surface area (Å²) in [6.45, 7) is 3.41. The Morgan fingerprint density at radius 1 is 1.25 bits per heavy atom. The van der Waals surface area contributed by atoms with E-state index in [-0.39, 0.29) is 35.3 Å². The zero-order chi connectivity index (χ0) is 12.3. The van der Waals surface area contributed by atoms with Gasteiger partial charge in [-0.05, 0) is 13.8 Å². The van der Waals surface area contributed by atoms with Crippen LogP contribution in [0.1, 0.15) is 19.4 Å². The van der Waals surface area contributed by atoms with Gasteiger partial charge in [-0.3, -0.25) is 4.79 Å². The largest absolute Gasteiger partial charge is 0.508 e. The lowest BCUT2D eigenvalue weighted by atomic mass is 10.1. The Balaban J connectivity index is 2.85. The smallest absolute Gasteiger partial charge is 0.310 e. The number of hydrogen-bond donors (Lipinski definition) is 3. The monoisotopic (exact) mass is 226 g/mol. The molecule has 0 aliphatic carbocycles. The maximum atomic E-state index is 11.3. The summed E-state index contributed by atoms with van der Waals surface area (Å²) in [5.74, 6) is -1.49. The topological polar surface area (TPSA) is 87.0 Å². The minimum Gasteiger partial charge on any atom is -0.508 e. The highest BCUT2D eigenvalue weighted by Crippen LogP contribution is 2.32. The van der Waals surface area contributed by atoms with Gasteiger partial charge in [0, 0.05) is 17.7 Å². The van der Waals surface area contributed by atoms with Gasteiger partial charge >= 0.3 is 5.97 Å². The summed E-state index contributed by atoms with van der Waals surface area (Å²) in [6.07, 6.45) is -0.496. The third kappa shape index (κ3) is 3.05. The van der Waals surface area contributed by atoms with Crippen molar-refractivity contribution in [1.29, 1.82) is 0 Å². The summed E-state index contributed by atoms with van der Waals surface area (Å²) in [6, 6.07) is 2.11. The van der Waals surface area contributed by atoms with Crippen LogP contribution in [-0.2, 0) is 16.0 Å². The molecule has 88 valence electrons. The predicted octanol–water partition coefficient (Wildman–Crippen LogP) is 1.30. The number of aromatic hydroxyl groups is 3. The van der Waals surface area contributed by atoms with Gasteiger partial charge in [0.05, 0.1) is 12.5 Å². The number of carbonyl (C=O) groups excluding carboxylic acids is 1. The molecule has 5 heteroatoms. The van der Waals surface area contributed by atoms with Crippen LogP contribution in [0.3, 0.4) is 0 Å². The van der Waals surface area contributed by atoms with Crippen molar-refractivity contribution in [3.05, 3.63) is 17.7 Å². The summed E-state index contributed by atoms with van der Waals surface area (Å²) >= 11 is 0. The van der Waals surface area contributed by atoms with Gasteiger partial charge in [-0.1, -0.05) is 0 Å². The van der Waals surface area contributed by atoms with Gasteiger partial charge in [0.1, 0.15) is 17.2 Å². The van der Waals surface area contributed by atoms with E-state index in [9.17, 15) is 15.0 Å². The lowest BCUT2D eigenvalue weighted by Crippen LogP contribution is -2.13. The molecule has 0 bridgehead atoms. The highest BCUT2D eigenvalue weighted by atomic mass is 16.5. The molecule has 0 amide bonds. The summed E-state index contributed by atoms with van der Waals surface area (Å²) in [4.78, 5) is 11.3. The highest BCUT2D eigenvalue weighted by molar-refractivity contribution is 5.75. The summed E-state index contributed by atoms with van der Waals surface area (Å²) in [5, 5.41) is 27.9. The molecule has 5 nitrogen and oxygen atoms in total. The zero-order valence-electron chi connectivity index (χ0n) is 9.10. The normalized spacial score (nSPS) is 10.4. The maximum absolute atomic E-state index is 11.3. The first-order valence-corrected chi connectivity index (χ1v) is 4.83. The average molecular weight is 226 g/mol. The Hall–Kier alpha value is -1.91. The van der Waals surface area contributed by atoms with Gasteiger partial charge in [-0.25, -0.2) is 0 Å². The molecule has 0 unspecified atom stereocenters. The number of phenolic OH excluding ortho intramolecular Hbond substituents is 3. The quantitative estimate of drug-likeness (QED) is 0.676. The molecular formula is C11H14O5. The van der Waals surface area contributed by atoms with E-state index in [4.69, 9.17) is 9.84 Å². The van der Waals surface area contributed by atoms with Crippen molar-refractivity contribution in [1.82, 2.24) is 0 Å². The van der Waals surface area contributed by atoms with E-state index in [0.29, 0.717) is 0 Å². The van der Waals surface area contributed by atoms with Crippen molar-refractivity contribution in [3.8, 4) is 17.2 Å². The Labute approximate surface area is 92.9 Å². The fourth-order valence-electron chi connectivity index (χ4n) is 1.26. The first-order valence-electron chi connectivity index (χ1n) is 4.83. The fourth-order valence-corrected chi connectivity index (χ4v) is 1.26. The maximum Gasteiger partial charge on any atom is 0.310 e. The van der Waals surface area contributed by atoms with Crippen LogP contribution in [0, 0.1) is 0 Å². The van der Waals surface area contributed by atoms with E-state index >= 15 is 0 Å². The number of rotatable bonds is 3. The second-order valence-corrected chi connectivity index (χ2v) is 3.68. The van der Waals surface area contributed by atoms with Gasteiger partial charge in [0.15, 0.2) is 0 Å². The van der Waals surface area contributed by atoms with Crippen molar-refractivity contribution < 1.29 is 24.9 Å². The minimum atomic E-state index is -0.550. The number of ether oxygens (including phenoxy) is 1. The van der Waals surface area contributed by atoms with E-state index in [1.807, 2.05) is 0 Å². The molecule has 0 aliphatic heterocycles. The van der Waals surface area contributed by atoms with Crippen LogP contribution in [0.15, 0.2) is 12.1 Å². The van der Waals surface area contributed by atoms with Crippen LogP contribution in [0.4, 0.5) is 0 Å². The number of hydrogen-bond acceptors (Lipinski definition) is 5. The first kappa shape index (κ1) is 12.2. The van der Waals surface area contributed by atoms with Crippen LogP contribution in [0.2, 0.25) is 0 Å². The van der Waals surface area contributed by atoms with Crippen LogP contribution >= 0.6 is 0 Å². The van der Waals surface area contributed by atoms with Crippen molar-refractivity contribution in [2.75, 3.05) is 0 Å². The Morgan fingerprint density at radius 2 is 1.75 bits per heavy atom. The molecule has 16 heavy (non-hydrogen) atoms. The molecule has 1 aromatic carbocycles. The number of phenols is 3. The van der Waals surface area contributed by atoms with Crippen molar-refractivity contribution in [3.63, 3.8) is 0 Å². The number of esters is 1. The van der Waals surface area contributed by atoms with E-state index in [0.717, 1.165) is 12.1 Å². The lowest BCUT2D eigenvalue weighted by molar-refractivity contribution is -0.146. The summed E-state index contributed by atoms with van der Waals surface area (Å²) in [7, 11) is 0. The van der Waals surface area contributed by atoms with Crippen LogP contribution in [-0.4, -0.2) is 27.4 Å². The van der Waals surface area contributed by atoms with E-state index < -0.39 is 5.97 Å². The molecule has 0 aliphatic rings. The lowest BCUT2D eigenvalue weighted by Gasteiger charge is -2.10. The van der Waals surface area contributed by atoms with Gasteiger partial charge in [-0.15, -0.1) is 0 Å². The van der Waals surface area contributed by atoms with Crippen molar-refractivity contribution in [2.24, 2.45) is 0 Å². The van der Waals surface area contributed by atoms with Gasteiger partial charge < -0.3 is 20.1 Å². The molecule has 0 radical (unpaired) electrons. The molecule has 1 rings (SSSR count).